The van der Waals surface area contributed by atoms with Gasteiger partial charge in [0, 0.05) is 26.1 Å². The molecule has 4 nitrogen and oxygen atoms in total. The van der Waals surface area contributed by atoms with Crippen molar-refractivity contribution in [3.8, 4) is 0 Å². The molecule has 1 saturated carbocycles. The van der Waals surface area contributed by atoms with Crippen molar-refractivity contribution in [3.63, 3.8) is 0 Å². The summed E-state index contributed by atoms with van der Waals surface area (Å²) in [5.41, 5.74) is -0.0508. The van der Waals surface area contributed by atoms with Crippen LogP contribution in [-0.2, 0) is 6.42 Å². The molecule has 0 atom stereocenters. The van der Waals surface area contributed by atoms with Gasteiger partial charge in [-0.05, 0) is 18.8 Å². The zero-order valence-corrected chi connectivity index (χ0v) is 10.7. The van der Waals surface area contributed by atoms with Gasteiger partial charge in [-0.2, -0.15) is 0 Å². The quantitative estimate of drug-likeness (QED) is 0.868. The zero-order valence-electron chi connectivity index (χ0n) is 10.7. The van der Waals surface area contributed by atoms with Crippen molar-refractivity contribution in [2.24, 2.45) is 5.92 Å². The van der Waals surface area contributed by atoms with Crippen LogP contribution in [0.5, 0.6) is 0 Å². The maximum Gasteiger partial charge on any atom is 0.252 e. The summed E-state index contributed by atoms with van der Waals surface area (Å²) in [6.45, 7) is 3.01. The Morgan fingerprint density at radius 3 is 2.82 bits per heavy atom. The van der Waals surface area contributed by atoms with Gasteiger partial charge in [-0.15, -0.1) is 0 Å². The third-order valence-electron chi connectivity index (χ3n) is 3.51. The fraction of sp³-hybridized carbons (Fsp3) is 0.692. The molecule has 1 aromatic rings. The lowest BCUT2D eigenvalue weighted by atomic mass is 10.1. The Labute approximate surface area is 102 Å². The Bertz CT molecular complexity index is 421. The Morgan fingerprint density at radius 1 is 1.47 bits per heavy atom. The Balaban J connectivity index is 2.09. The average Bonchev–Trinajstić information content (AvgIpc) is 2.81. The van der Waals surface area contributed by atoms with Gasteiger partial charge in [0.15, 0.2) is 0 Å². The third-order valence-corrected chi connectivity index (χ3v) is 3.51. The number of nitrogens with zero attached hydrogens (tertiary/aromatic N) is 2. The van der Waals surface area contributed by atoms with Crippen LogP contribution in [0.2, 0.25) is 0 Å². The molecule has 1 fully saturated rings. The molecule has 0 aliphatic heterocycles. The van der Waals surface area contributed by atoms with Crippen molar-refractivity contribution < 1.29 is 0 Å². The van der Waals surface area contributed by atoms with Gasteiger partial charge in [-0.1, -0.05) is 19.8 Å². The van der Waals surface area contributed by atoms with Gasteiger partial charge in [-0.3, -0.25) is 4.79 Å². The minimum absolute atomic E-state index is 0.0508. The molecule has 1 aromatic heterocycles. The minimum Gasteiger partial charge on any atom is -0.359 e. The second-order valence-corrected chi connectivity index (χ2v) is 4.93. The van der Waals surface area contributed by atoms with Crippen molar-refractivity contribution in [2.45, 2.75) is 39.0 Å². The minimum atomic E-state index is -0.0508. The van der Waals surface area contributed by atoms with E-state index < -0.39 is 0 Å². The maximum absolute atomic E-state index is 11.5. The largest absolute Gasteiger partial charge is 0.359 e. The molecule has 17 heavy (non-hydrogen) atoms. The molecule has 2 rings (SSSR count). The molecular weight excluding hydrogens is 214 g/mol. The van der Waals surface area contributed by atoms with E-state index in [1.165, 1.54) is 25.7 Å². The molecule has 4 heteroatoms. The molecule has 1 heterocycles. The number of aromatic nitrogens is 2. The van der Waals surface area contributed by atoms with E-state index in [4.69, 9.17) is 0 Å². The number of hydrogen-bond donors (Lipinski definition) is 1. The summed E-state index contributed by atoms with van der Waals surface area (Å²) >= 11 is 0. The summed E-state index contributed by atoms with van der Waals surface area (Å²) in [6.07, 6.45) is 6.09. The van der Waals surface area contributed by atoms with Crippen LogP contribution in [-0.4, -0.2) is 23.6 Å². The first-order valence-corrected chi connectivity index (χ1v) is 6.50. The number of aromatic amines is 1. The zero-order chi connectivity index (χ0) is 12.3. The van der Waals surface area contributed by atoms with E-state index in [1.807, 2.05) is 14.0 Å². The van der Waals surface area contributed by atoms with Crippen LogP contribution in [0.3, 0.4) is 0 Å². The molecule has 0 aromatic carbocycles. The van der Waals surface area contributed by atoms with Crippen molar-refractivity contribution >= 4 is 5.82 Å². The van der Waals surface area contributed by atoms with E-state index >= 15 is 0 Å². The SMILES string of the molecule is CCc1nc(N(C)CC2CCCC2)cc(=O)[nH]1. The summed E-state index contributed by atoms with van der Waals surface area (Å²) in [4.78, 5) is 20.8. The normalized spacial score (nSPS) is 16.4. The van der Waals surface area contributed by atoms with Gasteiger partial charge in [0.1, 0.15) is 11.6 Å². The van der Waals surface area contributed by atoms with E-state index in [1.54, 1.807) is 6.07 Å². The van der Waals surface area contributed by atoms with Gasteiger partial charge in [0.2, 0.25) is 0 Å². The van der Waals surface area contributed by atoms with Crippen molar-refractivity contribution in [2.75, 3.05) is 18.5 Å². The first-order chi connectivity index (χ1) is 8.19. The molecule has 0 spiro atoms. The summed E-state index contributed by atoms with van der Waals surface area (Å²) in [6, 6.07) is 1.59. The second-order valence-electron chi connectivity index (χ2n) is 4.93. The summed E-state index contributed by atoms with van der Waals surface area (Å²) in [5.74, 6) is 2.34. The molecule has 0 unspecified atom stereocenters. The van der Waals surface area contributed by atoms with Crippen LogP contribution in [0.15, 0.2) is 10.9 Å². The molecule has 0 bridgehead atoms. The van der Waals surface area contributed by atoms with Gasteiger partial charge in [-0.25, -0.2) is 4.98 Å². The molecule has 0 amide bonds. The number of rotatable bonds is 4. The van der Waals surface area contributed by atoms with Crippen LogP contribution in [0.25, 0.3) is 0 Å². The van der Waals surface area contributed by atoms with Gasteiger partial charge < -0.3 is 9.88 Å². The van der Waals surface area contributed by atoms with E-state index in [9.17, 15) is 4.79 Å². The number of nitrogens with one attached hydrogen (secondary N) is 1. The Kier molecular flexibility index (Phi) is 3.82. The fourth-order valence-corrected chi connectivity index (χ4v) is 2.53. The Hall–Kier alpha value is -1.32. The van der Waals surface area contributed by atoms with Crippen molar-refractivity contribution in [3.05, 3.63) is 22.2 Å². The van der Waals surface area contributed by atoms with Crippen molar-refractivity contribution in [1.29, 1.82) is 0 Å². The topological polar surface area (TPSA) is 49.0 Å². The monoisotopic (exact) mass is 235 g/mol. The summed E-state index contributed by atoms with van der Waals surface area (Å²) in [5, 5.41) is 0. The highest BCUT2D eigenvalue weighted by molar-refractivity contribution is 5.36. The highest BCUT2D eigenvalue weighted by Gasteiger charge is 2.17. The van der Waals surface area contributed by atoms with Crippen LogP contribution in [0, 0.1) is 5.92 Å². The molecular formula is C13H21N3O. The van der Waals surface area contributed by atoms with Gasteiger partial charge >= 0.3 is 0 Å². The molecule has 1 aliphatic carbocycles. The highest BCUT2D eigenvalue weighted by atomic mass is 16.1. The van der Waals surface area contributed by atoms with Crippen LogP contribution >= 0.6 is 0 Å². The number of anilines is 1. The highest BCUT2D eigenvalue weighted by Crippen LogP contribution is 2.26. The number of hydrogen-bond acceptors (Lipinski definition) is 3. The predicted molar refractivity (Wildman–Crippen MR) is 69.5 cm³/mol. The molecule has 0 radical (unpaired) electrons. The van der Waals surface area contributed by atoms with E-state index in [0.717, 1.165) is 30.5 Å². The first kappa shape index (κ1) is 12.1. The lowest BCUT2D eigenvalue weighted by Crippen LogP contribution is -2.27. The molecule has 1 aliphatic rings. The van der Waals surface area contributed by atoms with E-state index in [2.05, 4.69) is 14.9 Å². The summed E-state index contributed by atoms with van der Waals surface area (Å²) < 4.78 is 0. The van der Waals surface area contributed by atoms with Gasteiger partial charge in [0.25, 0.3) is 5.56 Å². The van der Waals surface area contributed by atoms with Crippen LogP contribution in [0.4, 0.5) is 5.82 Å². The lowest BCUT2D eigenvalue weighted by Gasteiger charge is -2.22. The molecule has 0 saturated heterocycles. The predicted octanol–water partition coefficient (Wildman–Crippen LogP) is 1.96. The molecule has 94 valence electrons. The second kappa shape index (κ2) is 5.34. The number of H-pyrrole nitrogens is 1. The number of aryl methyl sites for hydroxylation is 1. The average molecular weight is 235 g/mol. The Morgan fingerprint density at radius 2 is 2.18 bits per heavy atom. The lowest BCUT2D eigenvalue weighted by molar-refractivity contribution is 0.544. The smallest absolute Gasteiger partial charge is 0.252 e. The van der Waals surface area contributed by atoms with Crippen LogP contribution in [0.1, 0.15) is 38.4 Å². The van der Waals surface area contributed by atoms with Crippen LogP contribution < -0.4 is 10.5 Å². The van der Waals surface area contributed by atoms with E-state index in [0.29, 0.717) is 0 Å². The first-order valence-electron chi connectivity index (χ1n) is 6.50. The van der Waals surface area contributed by atoms with Crippen molar-refractivity contribution in [1.82, 2.24) is 9.97 Å². The van der Waals surface area contributed by atoms with E-state index in [-0.39, 0.29) is 5.56 Å². The fourth-order valence-electron chi connectivity index (χ4n) is 2.53. The molecule has 1 N–H and O–H groups in total. The van der Waals surface area contributed by atoms with Gasteiger partial charge in [0.05, 0.1) is 0 Å². The standard InChI is InChI=1S/C13H21N3O/c1-3-11-14-12(8-13(17)15-11)16(2)9-10-6-4-5-7-10/h8,10H,3-7,9H2,1-2H3,(H,14,15,17). The summed E-state index contributed by atoms with van der Waals surface area (Å²) in [7, 11) is 2.03. The maximum atomic E-state index is 11.5. The third kappa shape index (κ3) is 3.08.